The maximum Gasteiger partial charge on any atom is 0.319 e. The molecule has 7 heteroatoms. The highest BCUT2D eigenvalue weighted by atomic mass is 35.5. The molecule has 1 unspecified atom stereocenters. The molecule has 27 heavy (non-hydrogen) atoms. The van der Waals surface area contributed by atoms with Gasteiger partial charge in [0.15, 0.2) is 0 Å². The molecule has 3 amide bonds. The van der Waals surface area contributed by atoms with Crippen molar-refractivity contribution in [3.05, 3.63) is 65.7 Å². The summed E-state index contributed by atoms with van der Waals surface area (Å²) in [6, 6.07) is 16.4. The van der Waals surface area contributed by atoms with Gasteiger partial charge in [0.1, 0.15) is 5.54 Å². The van der Waals surface area contributed by atoms with E-state index in [1.165, 1.54) is 0 Å². The molecule has 0 bridgehead atoms. The van der Waals surface area contributed by atoms with Crippen LogP contribution in [0.3, 0.4) is 0 Å². The average Bonchev–Trinajstić information content (AvgIpc) is 2.60. The first-order chi connectivity index (χ1) is 12.3. The predicted octanol–water partition coefficient (Wildman–Crippen LogP) is 3.13. The van der Waals surface area contributed by atoms with Gasteiger partial charge in [0.25, 0.3) is 0 Å². The summed E-state index contributed by atoms with van der Waals surface area (Å²) in [7, 11) is 0. The molecule has 0 heterocycles. The van der Waals surface area contributed by atoms with Crippen LogP contribution in [0, 0.1) is 0 Å². The number of hydrogen-bond donors (Lipinski definition) is 4. The molecule has 0 aliphatic carbocycles. The Morgan fingerprint density at radius 2 is 1.63 bits per heavy atom. The zero-order valence-electron chi connectivity index (χ0n) is 15.8. The number of nitrogens with one attached hydrogen (secondary N) is 3. The standard InChI is InChI=1S/C20H26N4O2.ClH/c1-14(2)23-19(26)24-17-11-9-15(10-12-17)13-22-18(25)20(3,21)16-7-5-4-6-8-16;/h4-12,14H,13,21H2,1-3H3,(H,22,25)(H2,23,24,26);1H. The van der Waals surface area contributed by atoms with Crippen molar-refractivity contribution in [3.8, 4) is 0 Å². The third-order valence-electron chi connectivity index (χ3n) is 3.93. The molecule has 2 aromatic rings. The summed E-state index contributed by atoms with van der Waals surface area (Å²) >= 11 is 0. The maximum atomic E-state index is 12.5. The van der Waals surface area contributed by atoms with Crippen LogP contribution in [0.15, 0.2) is 54.6 Å². The number of carbonyl (C=O) groups is 2. The largest absolute Gasteiger partial charge is 0.350 e. The summed E-state index contributed by atoms with van der Waals surface area (Å²) in [5, 5.41) is 8.37. The number of halogens is 1. The molecule has 0 saturated heterocycles. The molecule has 0 aliphatic rings. The second-order valence-corrected chi connectivity index (χ2v) is 6.70. The average molecular weight is 391 g/mol. The van der Waals surface area contributed by atoms with Gasteiger partial charge in [-0.2, -0.15) is 0 Å². The SMILES string of the molecule is CC(C)NC(=O)Nc1ccc(CNC(=O)C(C)(N)c2ccccc2)cc1.Cl. The summed E-state index contributed by atoms with van der Waals surface area (Å²) in [5.41, 5.74) is 7.46. The molecule has 146 valence electrons. The Morgan fingerprint density at radius 3 is 2.19 bits per heavy atom. The van der Waals surface area contributed by atoms with E-state index in [9.17, 15) is 9.59 Å². The zero-order valence-corrected chi connectivity index (χ0v) is 16.6. The molecule has 0 aliphatic heterocycles. The minimum Gasteiger partial charge on any atom is -0.350 e. The van der Waals surface area contributed by atoms with Gasteiger partial charge in [0.2, 0.25) is 5.91 Å². The van der Waals surface area contributed by atoms with Crippen LogP contribution in [0.1, 0.15) is 31.9 Å². The first kappa shape index (κ1) is 22.5. The van der Waals surface area contributed by atoms with Gasteiger partial charge in [-0.15, -0.1) is 12.4 Å². The Kier molecular flexibility index (Phi) is 8.28. The summed E-state index contributed by atoms with van der Waals surface area (Å²) in [6.07, 6.45) is 0. The van der Waals surface area contributed by atoms with Gasteiger partial charge >= 0.3 is 6.03 Å². The second kappa shape index (κ2) is 9.94. The van der Waals surface area contributed by atoms with E-state index in [-0.39, 0.29) is 30.4 Å². The first-order valence-corrected chi connectivity index (χ1v) is 8.58. The Hall–Kier alpha value is -2.57. The van der Waals surface area contributed by atoms with E-state index in [2.05, 4.69) is 16.0 Å². The normalized spacial score (nSPS) is 12.5. The molecule has 5 N–H and O–H groups in total. The first-order valence-electron chi connectivity index (χ1n) is 8.58. The van der Waals surface area contributed by atoms with E-state index >= 15 is 0 Å². The van der Waals surface area contributed by atoms with E-state index in [1.807, 2.05) is 56.3 Å². The minimum atomic E-state index is -1.10. The van der Waals surface area contributed by atoms with Crippen molar-refractivity contribution in [1.29, 1.82) is 0 Å². The van der Waals surface area contributed by atoms with Crippen molar-refractivity contribution in [3.63, 3.8) is 0 Å². The molecule has 0 aromatic heterocycles. The lowest BCUT2D eigenvalue weighted by molar-refractivity contribution is -0.126. The fourth-order valence-electron chi connectivity index (χ4n) is 2.42. The highest BCUT2D eigenvalue weighted by Gasteiger charge is 2.29. The van der Waals surface area contributed by atoms with Crippen LogP contribution in [-0.4, -0.2) is 18.0 Å². The number of carbonyl (C=O) groups excluding carboxylic acids is 2. The lowest BCUT2D eigenvalue weighted by atomic mass is 9.92. The summed E-state index contributed by atoms with van der Waals surface area (Å²) < 4.78 is 0. The highest BCUT2D eigenvalue weighted by molar-refractivity contribution is 5.89. The molecule has 0 fully saturated rings. The molecule has 6 nitrogen and oxygen atoms in total. The van der Waals surface area contributed by atoms with Gasteiger partial charge < -0.3 is 21.7 Å². The second-order valence-electron chi connectivity index (χ2n) is 6.70. The van der Waals surface area contributed by atoms with Gasteiger partial charge in [-0.25, -0.2) is 4.79 Å². The van der Waals surface area contributed by atoms with E-state index in [0.717, 1.165) is 11.1 Å². The lowest BCUT2D eigenvalue weighted by Gasteiger charge is -2.24. The molecule has 2 aromatic carbocycles. The van der Waals surface area contributed by atoms with Crippen LogP contribution in [0.5, 0.6) is 0 Å². The van der Waals surface area contributed by atoms with E-state index in [1.54, 1.807) is 19.1 Å². The van der Waals surface area contributed by atoms with Crippen LogP contribution < -0.4 is 21.7 Å². The number of hydrogen-bond acceptors (Lipinski definition) is 3. The molecule has 0 saturated carbocycles. The monoisotopic (exact) mass is 390 g/mol. The molecular formula is C20H27ClN4O2. The van der Waals surface area contributed by atoms with Crippen LogP contribution in [-0.2, 0) is 16.9 Å². The number of anilines is 1. The van der Waals surface area contributed by atoms with E-state index in [0.29, 0.717) is 12.2 Å². The Morgan fingerprint density at radius 1 is 1.04 bits per heavy atom. The fraction of sp³-hybridized carbons (Fsp3) is 0.300. The lowest BCUT2D eigenvalue weighted by Crippen LogP contribution is -2.48. The van der Waals surface area contributed by atoms with Crippen molar-refractivity contribution >= 4 is 30.0 Å². The third kappa shape index (κ3) is 6.58. The maximum absolute atomic E-state index is 12.5. The van der Waals surface area contributed by atoms with Crippen LogP contribution in [0.4, 0.5) is 10.5 Å². The van der Waals surface area contributed by atoms with Crippen molar-refractivity contribution in [2.45, 2.75) is 38.9 Å². The van der Waals surface area contributed by atoms with Gasteiger partial charge in [0.05, 0.1) is 0 Å². The molecule has 0 spiro atoms. The zero-order chi connectivity index (χ0) is 19.2. The minimum absolute atomic E-state index is 0. The molecule has 2 rings (SSSR count). The van der Waals surface area contributed by atoms with Gasteiger partial charge in [-0.1, -0.05) is 42.5 Å². The Labute approximate surface area is 166 Å². The molecule has 1 atom stereocenters. The summed E-state index contributed by atoms with van der Waals surface area (Å²) in [6.45, 7) is 5.84. The number of urea groups is 1. The van der Waals surface area contributed by atoms with Crippen molar-refractivity contribution < 1.29 is 9.59 Å². The fourth-order valence-corrected chi connectivity index (χ4v) is 2.42. The third-order valence-corrected chi connectivity index (χ3v) is 3.93. The van der Waals surface area contributed by atoms with Crippen molar-refractivity contribution in [2.75, 3.05) is 5.32 Å². The topological polar surface area (TPSA) is 96.2 Å². The number of nitrogens with two attached hydrogens (primary N) is 1. The van der Waals surface area contributed by atoms with Crippen LogP contribution in [0.25, 0.3) is 0 Å². The summed E-state index contributed by atoms with van der Waals surface area (Å²) in [5.74, 6) is -0.248. The predicted molar refractivity (Wildman–Crippen MR) is 111 cm³/mol. The van der Waals surface area contributed by atoms with E-state index < -0.39 is 5.54 Å². The van der Waals surface area contributed by atoms with Crippen molar-refractivity contribution in [1.82, 2.24) is 10.6 Å². The van der Waals surface area contributed by atoms with Gasteiger partial charge in [0, 0.05) is 18.3 Å². The van der Waals surface area contributed by atoms with E-state index in [4.69, 9.17) is 5.73 Å². The number of amides is 3. The van der Waals surface area contributed by atoms with Crippen molar-refractivity contribution in [2.24, 2.45) is 5.73 Å². The van der Waals surface area contributed by atoms with Gasteiger partial charge in [-0.3, -0.25) is 4.79 Å². The quantitative estimate of drug-likeness (QED) is 0.610. The smallest absolute Gasteiger partial charge is 0.319 e. The van der Waals surface area contributed by atoms with Crippen LogP contribution in [0.2, 0.25) is 0 Å². The molecule has 0 radical (unpaired) electrons. The Balaban J connectivity index is 0.00000364. The highest BCUT2D eigenvalue weighted by Crippen LogP contribution is 2.17. The van der Waals surface area contributed by atoms with Crippen LogP contribution >= 0.6 is 12.4 Å². The van der Waals surface area contributed by atoms with Gasteiger partial charge in [-0.05, 0) is 44.0 Å². The number of benzene rings is 2. The number of rotatable bonds is 6. The summed E-state index contributed by atoms with van der Waals surface area (Å²) in [4.78, 5) is 24.1. The molecular weight excluding hydrogens is 364 g/mol. The Bertz CT molecular complexity index is 746.